The Labute approximate surface area is 185 Å². The van der Waals surface area contributed by atoms with Gasteiger partial charge in [0.25, 0.3) is 5.56 Å². The van der Waals surface area contributed by atoms with E-state index in [-0.39, 0.29) is 23.9 Å². The van der Waals surface area contributed by atoms with Gasteiger partial charge in [-0.05, 0) is 50.3 Å². The van der Waals surface area contributed by atoms with E-state index < -0.39 is 5.41 Å². The summed E-state index contributed by atoms with van der Waals surface area (Å²) in [6.07, 6.45) is 2.04. The van der Waals surface area contributed by atoms with Crippen LogP contribution in [0.1, 0.15) is 35.6 Å². The fourth-order valence-corrected chi connectivity index (χ4v) is 4.96. The van der Waals surface area contributed by atoms with Gasteiger partial charge in [-0.1, -0.05) is 13.0 Å². The third kappa shape index (κ3) is 2.67. The number of phenols is 1. The van der Waals surface area contributed by atoms with Crippen LogP contribution < -0.4 is 5.56 Å². The van der Waals surface area contributed by atoms with Gasteiger partial charge in [0.1, 0.15) is 17.8 Å². The summed E-state index contributed by atoms with van der Waals surface area (Å²) >= 11 is 0. The third-order valence-electron chi connectivity index (χ3n) is 6.71. The van der Waals surface area contributed by atoms with Gasteiger partial charge in [-0.15, -0.1) is 6.58 Å². The normalized spacial score (nSPS) is 18.9. The Kier molecular flexibility index (Phi) is 4.49. The summed E-state index contributed by atoms with van der Waals surface area (Å²) in [7, 11) is 3.89. The predicted octanol–water partition coefficient (Wildman–Crippen LogP) is 3.08. The lowest BCUT2D eigenvalue weighted by molar-refractivity contribution is -0.152. The number of carbonyl (C=O) groups excluding carboxylic acids is 1. The highest BCUT2D eigenvalue weighted by Gasteiger charge is 2.44. The van der Waals surface area contributed by atoms with E-state index in [0.717, 1.165) is 27.7 Å². The van der Waals surface area contributed by atoms with Crippen LogP contribution in [0.5, 0.6) is 5.75 Å². The minimum atomic E-state index is -1.04. The molecule has 0 saturated carbocycles. The van der Waals surface area contributed by atoms with Crippen molar-refractivity contribution in [3.63, 3.8) is 0 Å². The number of hydrogen-bond acceptors (Lipinski definition) is 6. The van der Waals surface area contributed by atoms with Crippen molar-refractivity contribution in [2.45, 2.75) is 38.5 Å². The van der Waals surface area contributed by atoms with Gasteiger partial charge >= 0.3 is 5.97 Å². The van der Waals surface area contributed by atoms with Gasteiger partial charge in [0.05, 0.1) is 29.0 Å². The Hall–Kier alpha value is -3.45. The lowest BCUT2D eigenvalue weighted by atomic mass is 9.75. The summed E-state index contributed by atoms with van der Waals surface area (Å²) in [5.41, 5.74) is 3.86. The molecule has 2 aliphatic rings. The van der Waals surface area contributed by atoms with Crippen LogP contribution in [0.25, 0.3) is 22.3 Å². The molecule has 7 nitrogen and oxygen atoms in total. The van der Waals surface area contributed by atoms with E-state index in [2.05, 4.69) is 6.58 Å². The average Bonchev–Trinajstić information content (AvgIpc) is 3.13. The van der Waals surface area contributed by atoms with Crippen LogP contribution in [0.15, 0.2) is 41.7 Å². The first kappa shape index (κ1) is 20.5. The standard InChI is InChI=1S/C25H25N3O4/c1-5-25(6-2)18-10-20-22-14(11-28(20)23(30)17(18)13-32-24(25)31)9-15-16(12-27(3)4)21(29)8-7-19(15)26-22/h5,7-10,29H,1,6,11-13H2,2-4H3/t25-/m1/s1. The molecule has 0 radical (unpaired) electrons. The maximum atomic E-state index is 13.4. The molecule has 2 aromatic heterocycles. The van der Waals surface area contributed by atoms with Gasteiger partial charge in [0.15, 0.2) is 0 Å². The quantitative estimate of drug-likeness (QED) is 0.395. The molecule has 0 fully saturated rings. The lowest BCUT2D eigenvalue weighted by Gasteiger charge is -2.33. The molecule has 1 aromatic carbocycles. The third-order valence-corrected chi connectivity index (χ3v) is 6.71. The molecule has 2 aliphatic heterocycles. The van der Waals surface area contributed by atoms with Crippen molar-refractivity contribution in [1.29, 1.82) is 0 Å². The van der Waals surface area contributed by atoms with Gasteiger partial charge in [-0.3, -0.25) is 9.59 Å². The van der Waals surface area contributed by atoms with E-state index in [9.17, 15) is 14.7 Å². The van der Waals surface area contributed by atoms with Gasteiger partial charge < -0.3 is 19.3 Å². The van der Waals surface area contributed by atoms with E-state index in [1.807, 2.05) is 38.1 Å². The van der Waals surface area contributed by atoms with Crippen LogP contribution in [0, 0.1) is 0 Å². The molecule has 4 heterocycles. The summed E-state index contributed by atoms with van der Waals surface area (Å²) in [6.45, 7) is 6.69. The van der Waals surface area contributed by atoms with Crippen LogP contribution in [-0.4, -0.2) is 39.6 Å². The van der Waals surface area contributed by atoms with Crippen molar-refractivity contribution in [2.24, 2.45) is 0 Å². The molecule has 0 bridgehead atoms. The van der Waals surface area contributed by atoms with Crippen molar-refractivity contribution in [3.05, 3.63) is 69.5 Å². The molecule has 1 atom stereocenters. The predicted molar refractivity (Wildman–Crippen MR) is 122 cm³/mol. The number of rotatable bonds is 4. The zero-order valence-electron chi connectivity index (χ0n) is 18.4. The van der Waals surface area contributed by atoms with Crippen LogP contribution in [0.2, 0.25) is 0 Å². The van der Waals surface area contributed by atoms with Crippen LogP contribution in [0.4, 0.5) is 0 Å². The molecule has 164 valence electrons. The summed E-state index contributed by atoms with van der Waals surface area (Å²) in [5, 5.41) is 11.3. The number of phenolic OH excluding ortho intramolecular Hbond substituents is 1. The first-order valence-corrected chi connectivity index (χ1v) is 10.7. The number of aromatic nitrogens is 2. The molecule has 0 aliphatic carbocycles. The van der Waals surface area contributed by atoms with Gasteiger partial charge in [-0.25, -0.2) is 4.98 Å². The lowest BCUT2D eigenvalue weighted by Crippen LogP contribution is -2.43. The number of pyridine rings is 2. The van der Waals surface area contributed by atoms with Crippen molar-refractivity contribution in [3.8, 4) is 17.1 Å². The summed E-state index contributed by atoms with van der Waals surface area (Å²) in [6, 6.07) is 7.38. The smallest absolute Gasteiger partial charge is 0.320 e. The molecular weight excluding hydrogens is 406 g/mol. The second kappa shape index (κ2) is 7.03. The van der Waals surface area contributed by atoms with Gasteiger partial charge in [0.2, 0.25) is 0 Å². The summed E-state index contributed by atoms with van der Waals surface area (Å²) in [4.78, 5) is 33.0. The van der Waals surface area contributed by atoms with E-state index >= 15 is 0 Å². The number of benzene rings is 1. The number of aromatic hydroxyl groups is 1. The Bertz CT molecular complexity index is 1370. The van der Waals surface area contributed by atoms with E-state index in [1.54, 1.807) is 22.8 Å². The van der Waals surface area contributed by atoms with Crippen LogP contribution >= 0.6 is 0 Å². The van der Waals surface area contributed by atoms with E-state index in [0.29, 0.717) is 36.3 Å². The number of cyclic esters (lactones) is 1. The molecular formula is C25H25N3O4. The second-order valence-electron chi connectivity index (χ2n) is 8.78. The molecule has 1 N–H and O–H groups in total. The fourth-order valence-electron chi connectivity index (χ4n) is 4.96. The molecule has 3 aromatic rings. The van der Waals surface area contributed by atoms with Gasteiger partial charge in [-0.2, -0.15) is 0 Å². The molecule has 7 heteroatoms. The Morgan fingerprint density at radius 3 is 2.78 bits per heavy atom. The highest BCUT2D eigenvalue weighted by molar-refractivity contribution is 5.90. The molecule has 32 heavy (non-hydrogen) atoms. The SMILES string of the molecule is C=C[C@]1(CC)C(=O)OCc2c1cc1n(c2=O)Cc2cc3c(CN(C)C)c(O)ccc3nc2-1. The minimum Gasteiger partial charge on any atom is -0.508 e. The van der Waals surface area contributed by atoms with E-state index in [4.69, 9.17) is 9.72 Å². The highest BCUT2D eigenvalue weighted by Crippen LogP contribution is 2.41. The van der Waals surface area contributed by atoms with Crippen molar-refractivity contribution in [2.75, 3.05) is 14.1 Å². The monoisotopic (exact) mass is 431 g/mol. The van der Waals surface area contributed by atoms with E-state index in [1.165, 1.54) is 0 Å². The van der Waals surface area contributed by atoms with Crippen LogP contribution in [0.3, 0.4) is 0 Å². The van der Waals surface area contributed by atoms with Crippen molar-refractivity contribution in [1.82, 2.24) is 14.5 Å². The minimum absolute atomic E-state index is 0.0323. The Balaban J connectivity index is 1.76. The zero-order chi connectivity index (χ0) is 22.8. The first-order valence-electron chi connectivity index (χ1n) is 10.7. The van der Waals surface area contributed by atoms with Crippen molar-refractivity contribution >= 4 is 16.9 Å². The first-order chi connectivity index (χ1) is 15.3. The average molecular weight is 431 g/mol. The molecule has 0 saturated heterocycles. The number of fused-ring (bicyclic) bond motifs is 5. The number of carbonyl (C=O) groups is 1. The maximum absolute atomic E-state index is 13.4. The molecule has 5 rings (SSSR count). The van der Waals surface area contributed by atoms with Crippen molar-refractivity contribution < 1.29 is 14.6 Å². The topological polar surface area (TPSA) is 84.7 Å². The summed E-state index contributed by atoms with van der Waals surface area (Å²) < 4.78 is 7.08. The van der Waals surface area contributed by atoms with Gasteiger partial charge in [0, 0.05) is 23.1 Å². The largest absolute Gasteiger partial charge is 0.508 e. The Morgan fingerprint density at radius 2 is 2.09 bits per heavy atom. The number of hydrogen-bond donors (Lipinski definition) is 1. The summed E-state index contributed by atoms with van der Waals surface area (Å²) in [5.74, 6) is -0.147. The maximum Gasteiger partial charge on any atom is 0.320 e. The molecule has 0 unspecified atom stereocenters. The second-order valence-corrected chi connectivity index (χ2v) is 8.78. The number of esters is 1. The molecule has 0 spiro atoms. The van der Waals surface area contributed by atoms with Crippen LogP contribution in [-0.2, 0) is 34.6 Å². The fraction of sp³-hybridized carbons (Fsp3) is 0.320. The molecule has 0 amide bonds. The highest BCUT2D eigenvalue weighted by atomic mass is 16.5. The number of nitrogens with zero attached hydrogens (tertiary/aromatic N) is 3. The Morgan fingerprint density at radius 1 is 1.31 bits per heavy atom. The zero-order valence-corrected chi connectivity index (χ0v) is 18.4. The number of ether oxygens (including phenoxy) is 1.